The fourth-order valence-corrected chi connectivity index (χ4v) is 5.10. The third-order valence-electron chi connectivity index (χ3n) is 5.32. The van der Waals surface area contributed by atoms with Gasteiger partial charge < -0.3 is 5.32 Å². The summed E-state index contributed by atoms with van der Waals surface area (Å²) < 4.78 is 0. The van der Waals surface area contributed by atoms with Gasteiger partial charge in [-0.25, -0.2) is 0 Å². The molecule has 0 radical (unpaired) electrons. The summed E-state index contributed by atoms with van der Waals surface area (Å²) in [4.78, 5) is 1.47. The molecule has 20 heavy (non-hydrogen) atoms. The zero-order valence-electron chi connectivity index (χ0n) is 12.1. The molecule has 4 atom stereocenters. The summed E-state index contributed by atoms with van der Waals surface area (Å²) in [6.07, 6.45) is 2.64. The minimum Gasteiger partial charge on any atom is -0.313 e. The van der Waals surface area contributed by atoms with Gasteiger partial charge in [0.25, 0.3) is 0 Å². The van der Waals surface area contributed by atoms with Gasteiger partial charge in [-0.3, -0.25) is 0 Å². The molecule has 1 aromatic heterocycles. The Balaban J connectivity index is 1.67. The van der Waals surface area contributed by atoms with Gasteiger partial charge in [0.1, 0.15) is 0 Å². The molecule has 1 nitrogen and oxygen atoms in total. The number of thiophene rings is 1. The number of benzene rings is 1. The van der Waals surface area contributed by atoms with Gasteiger partial charge in [0.15, 0.2) is 0 Å². The highest BCUT2D eigenvalue weighted by atomic mass is 32.1. The van der Waals surface area contributed by atoms with Crippen LogP contribution in [0.2, 0.25) is 0 Å². The summed E-state index contributed by atoms with van der Waals surface area (Å²) in [5.41, 5.74) is 4.74. The van der Waals surface area contributed by atoms with E-state index in [1.807, 2.05) is 11.3 Å². The van der Waals surface area contributed by atoms with Crippen LogP contribution < -0.4 is 5.32 Å². The van der Waals surface area contributed by atoms with Crippen LogP contribution in [0.3, 0.4) is 0 Å². The van der Waals surface area contributed by atoms with Gasteiger partial charge in [0.2, 0.25) is 0 Å². The largest absolute Gasteiger partial charge is 0.313 e. The van der Waals surface area contributed by atoms with E-state index in [-0.39, 0.29) is 0 Å². The second kappa shape index (κ2) is 4.71. The van der Waals surface area contributed by atoms with Crippen LogP contribution in [0.1, 0.15) is 39.9 Å². The maximum absolute atomic E-state index is 3.60. The molecule has 4 rings (SSSR count). The molecule has 0 spiro atoms. The zero-order chi connectivity index (χ0) is 13.7. The topological polar surface area (TPSA) is 12.0 Å². The first-order valence-corrected chi connectivity index (χ1v) is 8.48. The molecule has 2 aromatic rings. The van der Waals surface area contributed by atoms with Crippen molar-refractivity contribution in [2.75, 3.05) is 7.05 Å². The molecular formula is C18H21NS. The Morgan fingerprint density at radius 2 is 2.10 bits per heavy atom. The van der Waals surface area contributed by atoms with E-state index < -0.39 is 0 Å². The van der Waals surface area contributed by atoms with Crippen molar-refractivity contribution in [2.45, 2.75) is 31.7 Å². The highest BCUT2D eigenvalue weighted by molar-refractivity contribution is 7.10. The van der Waals surface area contributed by atoms with E-state index in [0.29, 0.717) is 6.04 Å². The molecule has 104 valence electrons. The van der Waals surface area contributed by atoms with Gasteiger partial charge in [-0.1, -0.05) is 24.3 Å². The van der Waals surface area contributed by atoms with Gasteiger partial charge >= 0.3 is 0 Å². The summed E-state index contributed by atoms with van der Waals surface area (Å²) in [5, 5.41) is 5.83. The fraction of sp³-hybridized carbons (Fsp3) is 0.444. The summed E-state index contributed by atoms with van der Waals surface area (Å²) in [6.45, 7) is 2.25. The predicted molar refractivity (Wildman–Crippen MR) is 85.3 cm³/mol. The summed E-state index contributed by atoms with van der Waals surface area (Å²) >= 11 is 1.87. The number of hydrogen-bond acceptors (Lipinski definition) is 2. The Labute approximate surface area is 125 Å². The highest BCUT2D eigenvalue weighted by Gasteiger charge is 2.56. The molecule has 0 bridgehead atoms. The zero-order valence-corrected chi connectivity index (χ0v) is 12.9. The van der Waals surface area contributed by atoms with Crippen molar-refractivity contribution < 1.29 is 0 Å². The van der Waals surface area contributed by atoms with Crippen LogP contribution in [-0.2, 0) is 6.42 Å². The molecule has 1 heterocycles. The first kappa shape index (κ1) is 12.6. The van der Waals surface area contributed by atoms with Gasteiger partial charge in [-0.2, -0.15) is 0 Å². The van der Waals surface area contributed by atoms with Crippen molar-refractivity contribution in [3.8, 4) is 0 Å². The molecule has 1 saturated carbocycles. The van der Waals surface area contributed by atoms with E-state index in [1.54, 1.807) is 11.1 Å². The van der Waals surface area contributed by atoms with Crippen LogP contribution in [0.4, 0.5) is 0 Å². The fourth-order valence-electron chi connectivity index (χ4n) is 4.35. The van der Waals surface area contributed by atoms with E-state index in [1.165, 1.54) is 23.3 Å². The molecule has 1 aromatic carbocycles. The molecule has 2 heteroatoms. The first-order valence-electron chi connectivity index (χ1n) is 7.60. The lowest BCUT2D eigenvalue weighted by Gasteiger charge is -2.17. The van der Waals surface area contributed by atoms with Gasteiger partial charge in [-0.05, 0) is 72.7 Å². The SMILES string of the molecule is CNC(c1ccsc1C)C1C2CCc3ccccc3C21. The molecular weight excluding hydrogens is 262 g/mol. The second-order valence-corrected chi connectivity index (χ2v) is 7.32. The van der Waals surface area contributed by atoms with Gasteiger partial charge in [0, 0.05) is 10.9 Å². The summed E-state index contributed by atoms with van der Waals surface area (Å²) in [7, 11) is 2.12. The Bertz CT molecular complexity index is 630. The Hall–Kier alpha value is -1.12. The molecule has 2 aliphatic rings. The summed E-state index contributed by atoms with van der Waals surface area (Å²) in [5.74, 6) is 2.47. The Morgan fingerprint density at radius 3 is 2.85 bits per heavy atom. The quantitative estimate of drug-likeness (QED) is 0.886. The standard InChI is InChI=1S/C18H21NS/c1-11-13(9-10-20-11)18(19-2)17-15-8-7-12-5-3-4-6-14(12)16(15)17/h3-6,9-10,15-19H,7-8H2,1-2H3. The van der Waals surface area contributed by atoms with Gasteiger partial charge in [0.05, 0.1) is 0 Å². The van der Waals surface area contributed by atoms with Crippen LogP contribution in [0.5, 0.6) is 0 Å². The van der Waals surface area contributed by atoms with Crippen molar-refractivity contribution in [1.82, 2.24) is 5.32 Å². The van der Waals surface area contributed by atoms with E-state index in [9.17, 15) is 0 Å². The van der Waals surface area contributed by atoms with E-state index in [2.05, 4.69) is 55.0 Å². The van der Waals surface area contributed by atoms with Crippen LogP contribution >= 0.6 is 11.3 Å². The van der Waals surface area contributed by atoms with Crippen LogP contribution in [-0.4, -0.2) is 7.05 Å². The van der Waals surface area contributed by atoms with E-state index in [4.69, 9.17) is 0 Å². The predicted octanol–water partition coefficient (Wildman–Crippen LogP) is 4.29. The van der Waals surface area contributed by atoms with Crippen molar-refractivity contribution >= 4 is 11.3 Å². The molecule has 1 N–H and O–H groups in total. The molecule has 0 aliphatic heterocycles. The van der Waals surface area contributed by atoms with Crippen LogP contribution in [0, 0.1) is 18.8 Å². The smallest absolute Gasteiger partial charge is 0.0365 e. The summed E-state index contributed by atoms with van der Waals surface area (Å²) in [6, 6.07) is 11.9. The van der Waals surface area contributed by atoms with Crippen molar-refractivity contribution in [1.29, 1.82) is 0 Å². The highest BCUT2D eigenvalue weighted by Crippen LogP contribution is 2.64. The maximum atomic E-state index is 3.60. The minimum absolute atomic E-state index is 0.530. The van der Waals surface area contributed by atoms with Crippen LogP contribution in [0.25, 0.3) is 0 Å². The normalized spacial score (nSPS) is 28.6. The van der Waals surface area contributed by atoms with Crippen molar-refractivity contribution in [2.24, 2.45) is 11.8 Å². The van der Waals surface area contributed by atoms with E-state index >= 15 is 0 Å². The maximum Gasteiger partial charge on any atom is 0.0365 e. The minimum atomic E-state index is 0.530. The number of nitrogens with one attached hydrogen (secondary N) is 1. The third-order valence-corrected chi connectivity index (χ3v) is 6.18. The van der Waals surface area contributed by atoms with E-state index in [0.717, 1.165) is 17.8 Å². The lowest BCUT2D eigenvalue weighted by Crippen LogP contribution is -2.19. The average Bonchev–Trinajstić information content (AvgIpc) is 3.06. The van der Waals surface area contributed by atoms with Crippen LogP contribution in [0.15, 0.2) is 35.7 Å². The number of rotatable bonds is 3. The first-order chi connectivity index (χ1) is 9.81. The molecule has 1 fully saturated rings. The van der Waals surface area contributed by atoms with Crippen molar-refractivity contribution in [3.63, 3.8) is 0 Å². The number of hydrogen-bond donors (Lipinski definition) is 1. The lowest BCUT2D eigenvalue weighted by molar-refractivity contribution is 0.484. The molecule has 4 unspecified atom stereocenters. The lowest BCUT2D eigenvalue weighted by atomic mass is 9.92. The van der Waals surface area contributed by atoms with Crippen molar-refractivity contribution in [3.05, 3.63) is 57.3 Å². The molecule has 2 aliphatic carbocycles. The number of fused-ring (bicyclic) bond motifs is 3. The number of aryl methyl sites for hydroxylation is 2. The monoisotopic (exact) mass is 283 g/mol. The molecule has 0 saturated heterocycles. The Morgan fingerprint density at radius 1 is 1.25 bits per heavy atom. The molecule has 0 amide bonds. The third kappa shape index (κ3) is 1.78. The van der Waals surface area contributed by atoms with Gasteiger partial charge in [-0.15, -0.1) is 11.3 Å². The second-order valence-electron chi connectivity index (χ2n) is 6.20. The average molecular weight is 283 g/mol. The Kier molecular flexibility index (Phi) is 2.97.